The Bertz CT molecular complexity index is 840. The van der Waals surface area contributed by atoms with Crippen LogP contribution in [0.5, 0.6) is 0 Å². The number of rotatable bonds is 7. The van der Waals surface area contributed by atoms with Crippen molar-refractivity contribution < 1.29 is 26.4 Å². The van der Waals surface area contributed by atoms with Crippen LogP contribution in [0, 0.1) is 0 Å². The Morgan fingerprint density at radius 2 is 2.04 bits per heavy atom. The predicted molar refractivity (Wildman–Crippen MR) is 83.7 cm³/mol. The summed E-state index contributed by atoms with van der Waals surface area (Å²) in [5.41, 5.74) is 0.464. The summed E-state index contributed by atoms with van der Waals surface area (Å²) in [6, 6.07) is 3.93. The van der Waals surface area contributed by atoms with Crippen LogP contribution >= 0.6 is 0 Å². The lowest BCUT2D eigenvalue weighted by molar-refractivity contribution is -0.143. The van der Waals surface area contributed by atoms with Gasteiger partial charge in [-0.15, -0.1) is 0 Å². The Morgan fingerprint density at radius 3 is 2.74 bits per heavy atom. The lowest BCUT2D eigenvalue weighted by atomic mass is 10.2. The first-order chi connectivity index (χ1) is 10.8. The van der Waals surface area contributed by atoms with Crippen molar-refractivity contribution in [1.29, 1.82) is 0 Å². The monoisotopic (exact) mass is 359 g/mol. The van der Waals surface area contributed by atoms with Crippen molar-refractivity contribution in [2.45, 2.75) is 29.6 Å². The van der Waals surface area contributed by atoms with Gasteiger partial charge in [0.15, 0.2) is 9.84 Å². The third kappa shape index (κ3) is 4.18. The van der Waals surface area contributed by atoms with Gasteiger partial charge in [-0.05, 0) is 37.1 Å². The van der Waals surface area contributed by atoms with Gasteiger partial charge in [0.2, 0.25) is 10.0 Å². The van der Waals surface area contributed by atoms with Gasteiger partial charge < -0.3 is 4.74 Å². The predicted octanol–water partition coefficient (Wildman–Crippen LogP) is 1.07. The minimum Gasteiger partial charge on any atom is -0.466 e. The maximum Gasteiger partial charge on any atom is 0.305 e. The fourth-order valence-corrected chi connectivity index (χ4v) is 4.46. The van der Waals surface area contributed by atoms with Crippen LogP contribution in [0.2, 0.25) is 0 Å². The van der Waals surface area contributed by atoms with E-state index in [1.54, 1.807) is 6.92 Å². The minimum absolute atomic E-state index is 0.0214. The molecule has 0 aliphatic carbocycles. The zero-order valence-electron chi connectivity index (χ0n) is 12.5. The Kier molecular flexibility index (Phi) is 5.23. The molecule has 0 saturated heterocycles. The third-order valence-electron chi connectivity index (χ3n) is 3.18. The number of carbonyl (C=O) groups is 1. The molecule has 0 atom stereocenters. The quantitative estimate of drug-likeness (QED) is 0.576. The molecule has 7 nitrogen and oxygen atoms in total. The molecular weight excluding hydrogens is 342 g/mol. The van der Waals surface area contributed by atoms with Crippen LogP contribution in [0.15, 0.2) is 33.4 Å². The van der Waals surface area contributed by atoms with Crippen molar-refractivity contribution >= 4 is 31.9 Å². The van der Waals surface area contributed by atoms with E-state index >= 15 is 0 Å². The number of nitrogens with one attached hydrogen (secondary N) is 1. The molecule has 0 bridgehead atoms. The molecule has 0 amide bonds. The van der Waals surface area contributed by atoms with E-state index in [2.05, 4.69) is 4.72 Å². The molecule has 0 aromatic heterocycles. The number of esters is 1. The summed E-state index contributed by atoms with van der Waals surface area (Å²) >= 11 is 0. The number of fused-ring (bicyclic) bond motifs is 1. The van der Waals surface area contributed by atoms with Gasteiger partial charge in [0.05, 0.1) is 16.4 Å². The van der Waals surface area contributed by atoms with E-state index in [0.29, 0.717) is 12.0 Å². The van der Waals surface area contributed by atoms with E-state index in [4.69, 9.17) is 4.74 Å². The fourth-order valence-electron chi connectivity index (χ4n) is 2.06. The van der Waals surface area contributed by atoms with Crippen molar-refractivity contribution in [1.82, 2.24) is 4.72 Å². The number of ether oxygens (including phenoxy) is 1. The van der Waals surface area contributed by atoms with Crippen molar-refractivity contribution in [2.75, 3.05) is 13.2 Å². The number of benzene rings is 1. The van der Waals surface area contributed by atoms with Crippen molar-refractivity contribution in [3.05, 3.63) is 29.2 Å². The summed E-state index contributed by atoms with van der Waals surface area (Å²) < 4.78 is 55.0. The van der Waals surface area contributed by atoms with Crippen LogP contribution < -0.4 is 4.72 Å². The van der Waals surface area contributed by atoms with E-state index in [1.165, 1.54) is 18.2 Å². The molecule has 0 unspecified atom stereocenters. The van der Waals surface area contributed by atoms with E-state index in [1.807, 2.05) is 0 Å². The molecule has 1 aliphatic heterocycles. The zero-order valence-corrected chi connectivity index (χ0v) is 14.1. The van der Waals surface area contributed by atoms with Crippen LogP contribution in [0.3, 0.4) is 0 Å². The second kappa shape index (κ2) is 6.81. The number of sulfone groups is 1. The third-order valence-corrected chi connectivity index (χ3v) is 6.10. The van der Waals surface area contributed by atoms with Crippen LogP contribution in [-0.4, -0.2) is 36.0 Å². The molecule has 0 saturated carbocycles. The van der Waals surface area contributed by atoms with Crippen LogP contribution in [-0.2, 0) is 29.4 Å². The first kappa shape index (κ1) is 17.6. The molecule has 1 N–H and O–H groups in total. The summed E-state index contributed by atoms with van der Waals surface area (Å²) in [6.45, 7) is 2.03. The standard InChI is InChI=1S/C14H17NO6S2/c1-2-21-14(16)4-3-8-15-23(19,20)12-6-5-11-7-9-22(17,18)13(11)10-12/h5-7,9-10,15H,2-4,8H2,1H3. The van der Waals surface area contributed by atoms with Crippen molar-refractivity contribution in [3.63, 3.8) is 0 Å². The first-order valence-electron chi connectivity index (χ1n) is 6.99. The number of sulfonamides is 1. The van der Waals surface area contributed by atoms with E-state index in [0.717, 1.165) is 11.5 Å². The maximum absolute atomic E-state index is 12.2. The summed E-state index contributed by atoms with van der Waals surface area (Å²) in [5, 5.41) is 1.04. The normalized spacial score (nSPS) is 15.3. The minimum atomic E-state index is -3.84. The van der Waals surface area contributed by atoms with E-state index < -0.39 is 19.9 Å². The lowest BCUT2D eigenvalue weighted by Gasteiger charge is -2.08. The van der Waals surface area contributed by atoms with Crippen molar-refractivity contribution in [2.24, 2.45) is 0 Å². The smallest absolute Gasteiger partial charge is 0.305 e. The molecule has 1 aromatic rings. The molecule has 0 fully saturated rings. The Hall–Kier alpha value is -1.71. The molecule has 0 spiro atoms. The van der Waals surface area contributed by atoms with Gasteiger partial charge in [0.1, 0.15) is 0 Å². The Morgan fingerprint density at radius 1 is 1.30 bits per heavy atom. The summed E-state index contributed by atoms with van der Waals surface area (Å²) in [6.07, 6.45) is 1.83. The topological polar surface area (TPSA) is 107 Å². The zero-order chi connectivity index (χ0) is 17.1. The molecule has 2 rings (SSSR count). The molecular formula is C14H17NO6S2. The average molecular weight is 359 g/mol. The summed E-state index contributed by atoms with van der Waals surface area (Å²) in [5.74, 6) is -0.388. The van der Waals surface area contributed by atoms with Crippen molar-refractivity contribution in [3.8, 4) is 0 Å². The molecule has 1 heterocycles. The number of hydrogen-bond acceptors (Lipinski definition) is 6. The first-order valence-corrected chi connectivity index (χ1v) is 10.0. The number of hydrogen-bond donors (Lipinski definition) is 1. The SMILES string of the molecule is CCOC(=O)CCCNS(=O)(=O)c1ccc2c(c1)S(=O)(=O)C=C2. The van der Waals surface area contributed by atoms with Crippen LogP contribution in [0.4, 0.5) is 0 Å². The highest BCUT2D eigenvalue weighted by atomic mass is 32.2. The second-order valence-corrected chi connectivity index (χ2v) is 8.42. The average Bonchev–Trinajstić information content (AvgIpc) is 2.79. The van der Waals surface area contributed by atoms with Gasteiger partial charge in [-0.3, -0.25) is 4.79 Å². The molecule has 1 aliphatic rings. The van der Waals surface area contributed by atoms with E-state index in [-0.39, 0.29) is 35.3 Å². The molecule has 9 heteroatoms. The molecule has 1 aromatic carbocycles. The van der Waals surface area contributed by atoms with Gasteiger partial charge in [0.25, 0.3) is 0 Å². The van der Waals surface area contributed by atoms with Gasteiger partial charge >= 0.3 is 5.97 Å². The van der Waals surface area contributed by atoms with Gasteiger partial charge in [-0.25, -0.2) is 21.6 Å². The highest BCUT2D eigenvalue weighted by Crippen LogP contribution is 2.28. The van der Waals surface area contributed by atoms with Gasteiger partial charge in [-0.1, -0.05) is 6.07 Å². The molecule has 0 radical (unpaired) electrons. The summed E-state index contributed by atoms with van der Waals surface area (Å²) in [4.78, 5) is 11.0. The second-order valence-electron chi connectivity index (χ2n) is 4.85. The Balaban J connectivity index is 2.03. The van der Waals surface area contributed by atoms with Crippen LogP contribution in [0.1, 0.15) is 25.3 Å². The van der Waals surface area contributed by atoms with Gasteiger partial charge in [-0.2, -0.15) is 0 Å². The largest absolute Gasteiger partial charge is 0.466 e. The number of carbonyl (C=O) groups excluding carboxylic acids is 1. The molecule has 126 valence electrons. The lowest BCUT2D eigenvalue weighted by Crippen LogP contribution is -2.25. The Labute approximate surface area is 135 Å². The van der Waals surface area contributed by atoms with Gasteiger partial charge in [0, 0.05) is 18.4 Å². The highest BCUT2D eigenvalue weighted by molar-refractivity contribution is 7.95. The molecule has 23 heavy (non-hydrogen) atoms. The van der Waals surface area contributed by atoms with E-state index in [9.17, 15) is 21.6 Å². The van der Waals surface area contributed by atoms with Crippen LogP contribution in [0.25, 0.3) is 6.08 Å². The summed E-state index contributed by atoms with van der Waals surface area (Å²) in [7, 11) is -7.40. The maximum atomic E-state index is 12.2. The highest BCUT2D eigenvalue weighted by Gasteiger charge is 2.24. The fraction of sp³-hybridized carbons (Fsp3) is 0.357.